The second-order valence-corrected chi connectivity index (χ2v) is 6.46. The number of halogens is 1. The number of nitrogens with two attached hydrogens (primary N) is 1. The van der Waals surface area contributed by atoms with E-state index in [9.17, 15) is 20.1 Å². The first-order valence-corrected chi connectivity index (χ1v) is 8.68. The standard InChI is InChI=1S/C18H19ClN6O4/c1-10(26)15-7-16(25-24-15)17(27)22-9-18(28,29)23-5-4-14(21)11-2-3-12(8-20)13(19)6-11/h2-7,10,26,28-29H,9,21H2,1H3,(H,22,27)(H,24,25)/b14-4-,23-5+. The molecule has 1 aromatic carbocycles. The summed E-state index contributed by atoms with van der Waals surface area (Å²) in [6, 6.07) is 7.85. The molecular formula is C18H19ClN6O4. The third-order valence-electron chi connectivity index (χ3n) is 3.72. The van der Waals surface area contributed by atoms with E-state index in [4.69, 9.17) is 22.6 Å². The topological polar surface area (TPSA) is 181 Å². The van der Waals surface area contributed by atoms with Crippen molar-refractivity contribution in [3.8, 4) is 6.07 Å². The van der Waals surface area contributed by atoms with E-state index >= 15 is 0 Å². The number of H-pyrrole nitrogens is 1. The van der Waals surface area contributed by atoms with Crippen LogP contribution in [0.25, 0.3) is 5.70 Å². The average Bonchev–Trinajstić information content (AvgIpc) is 3.16. The highest BCUT2D eigenvalue weighted by molar-refractivity contribution is 6.31. The zero-order valence-electron chi connectivity index (χ0n) is 15.3. The number of aromatic nitrogens is 2. The summed E-state index contributed by atoms with van der Waals surface area (Å²) in [6.07, 6.45) is 1.54. The minimum absolute atomic E-state index is 0.0254. The van der Waals surface area contributed by atoms with Crippen molar-refractivity contribution in [2.24, 2.45) is 10.7 Å². The Morgan fingerprint density at radius 1 is 1.52 bits per heavy atom. The molecule has 1 unspecified atom stereocenters. The maximum atomic E-state index is 12.0. The number of nitrogens with zero attached hydrogens (tertiary/aromatic N) is 3. The third-order valence-corrected chi connectivity index (χ3v) is 4.04. The molecule has 11 heteroatoms. The fraction of sp³-hybridized carbons (Fsp3) is 0.222. The molecule has 1 aromatic heterocycles. The van der Waals surface area contributed by atoms with Crippen LogP contribution in [-0.4, -0.2) is 50.1 Å². The molecule has 29 heavy (non-hydrogen) atoms. The number of nitrogens with one attached hydrogen (secondary N) is 2. The summed E-state index contributed by atoms with van der Waals surface area (Å²) in [7, 11) is 0. The van der Waals surface area contributed by atoms with E-state index in [1.807, 2.05) is 6.07 Å². The lowest BCUT2D eigenvalue weighted by Gasteiger charge is -2.16. The Hall–Kier alpha value is -3.23. The van der Waals surface area contributed by atoms with Crippen LogP contribution in [0.2, 0.25) is 5.02 Å². The van der Waals surface area contributed by atoms with Gasteiger partial charge < -0.3 is 26.4 Å². The van der Waals surface area contributed by atoms with Crippen molar-refractivity contribution < 1.29 is 20.1 Å². The van der Waals surface area contributed by atoms with Crippen LogP contribution >= 0.6 is 11.6 Å². The Balaban J connectivity index is 1.97. The first-order valence-electron chi connectivity index (χ1n) is 8.30. The molecule has 0 radical (unpaired) electrons. The molecule has 152 valence electrons. The molecule has 0 saturated carbocycles. The lowest BCUT2D eigenvalue weighted by atomic mass is 10.1. The van der Waals surface area contributed by atoms with Crippen LogP contribution in [0.5, 0.6) is 0 Å². The van der Waals surface area contributed by atoms with E-state index in [-0.39, 0.29) is 16.4 Å². The highest BCUT2D eigenvalue weighted by Gasteiger charge is 2.23. The van der Waals surface area contributed by atoms with Gasteiger partial charge in [0, 0.05) is 11.9 Å². The fourth-order valence-corrected chi connectivity index (χ4v) is 2.34. The molecular weight excluding hydrogens is 400 g/mol. The number of carbonyl (C=O) groups excluding carboxylic acids is 1. The monoisotopic (exact) mass is 418 g/mol. The van der Waals surface area contributed by atoms with Crippen LogP contribution in [-0.2, 0) is 0 Å². The first-order chi connectivity index (χ1) is 13.6. The van der Waals surface area contributed by atoms with Crippen molar-refractivity contribution in [2.75, 3.05) is 6.54 Å². The number of hydrogen-bond acceptors (Lipinski definition) is 8. The number of hydrogen-bond donors (Lipinski definition) is 6. The molecule has 0 saturated heterocycles. The van der Waals surface area contributed by atoms with Crippen LogP contribution < -0.4 is 11.1 Å². The van der Waals surface area contributed by atoms with E-state index in [0.717, 1.165) is 6.21 Å². The van der Waals surface area contributed by atoms with Gasteiger partial charge in [0.15, 0.2) is 0 Å². The van der Waals surface area contributed by atoms with Crippen LogP contribution in [0, 0.1) is 11.3 Å². The average molecular weight is 419 g/mol. The Kier molecular flexibility index (Phi) is 7.08. The quantitative estimate of drug-likeness (QED) is 0.278. The maximum absolute atomic E-state index is 12.0. The molecule has 1 heterocycles. The number of nitriles is 1. The number of benzene rings is 1. The highest BCUT2D eigenvalue weighted by Crippen LogP contribution is 2.19. The Labute approximate surface area is 171 Å². The van der Waals surface area contributed by atoms with E-state index in [0.29, 0.717) is 16.8 Å². The number of carbonyl (C=O) groups is 1. The molecule has 0 aliphatic rings. The number of aliphatic hydroxyl groups is 3. The Morgan fingerprint density at radius 3 is 2.83 bits per heavy atom. The number of aromatic amines is 1. The van der Waals surface area contributed by atoms with Crippen LogP contribution in [0.1, 0.15) is 40.3 Å². The van der Waals surface area contributed by atoms with Crippen molar-refractivity contribution in [2.45, 2.75) is 18.9 Å². The van der Waals surface area contributed by atoms with E-state index in [2.05, 4.69) is 20.5 Å². The van der Waals surface area contributed by atoms with Crippen LogP contribution in [0.15, 0.2) is 35.3 Å². The molecule has 2 aromatic rings. The smallest absolute Gasteiger partial charge is 0.282 e. The van der Waals surface area contributed by atoms with Crippen LogP contribution in [0.4, 0.5) is 0 Å². The van der Waals surface area contributed by atoms with Gasteiger partial charge in [-0.3, -0.25) is 9.89 Å². The second-order valence-electron chi connectivity index (χ2n) is 6.05. The van der Waals surface area contributed by atoms with Gasteiger partial charge in [0.25, 0.3) is 11.8 Å². The minimum Gasteiger partial charge on any atom is -0.398 e. The summed E-state index contributed by atoms with van der Waals surface area (Å²) in [5.41, 5.74) is 7.23. The van der Waals surface area contributed by atoms with Crippen molar-refractivity contribution in [1.29, 1.82) is 5.26 Å². The number of aliphatic imine (C=N–C) groups is 1. The van der Waals surface area contributed by atoms with Crippen molar-refractivity contribution in [1.82, 2.24) is 15.5 Å². The van der Waals surface area contributed by atoms with E-state index in [1.165, 1.54) is 31.2 Å². The number of rotatable bonds is 7. The maximum Gasteiger partial charge on any atom is 0.282 e. The molecule has 0 aliphatic carbocycles. The van der Waals surface area contributed by atoms with Gasteiger partial charge in [-0.25, -0.2) is 4.99 Å². The summed E-state index contributed by atoms with van der Waals surface area (Å²) >= 11 is 5.94. The van der Waals surface area contributed by atoms with Gasteiger partial charge in [-0.1, -0.05) is 17.7 Å². The van der Waals surface area contributed by atoms with Gasteiger partial charge in [0.2, 0.25) is 0 Å². The van der Waals surface area contributed by atoms with Gasteiger partial charge in [-0.15, -0.1) is 0 Å². The Morgan fingerprint density at radius 2 is 2.24 bits per heavy atom. The lowest BCUT2D eigenvalue weighted by molar-refractivity contribution is -0.146. The number of aliphatic hydroxyl groups excluding tert-OH is 1. The molecule has 0 fully saturated rings. The van der Waals surface area contributed by atoms with Gasteiger partial charge in [0.05, 0.1) is 28.9 Å². The summed E-state index contributed by atoms with van der Waals surface area (Å²) in [4.78, 5) is 15.5. The second kappa shape index (κ2) is 9.31. The van der Waals surface area contributed by atoms with E-state index in [1.54, 1.807) is 6.07 Å². The zero-order chi connectivity index (χ0) is 21.6. The minimum atomic E-state index is -2.59. The molecule has 2 rings (SSSR count). The van der Waals surface area contributed by atoms with Gasteiger partial charge in [-0.05, 0) is 36.8 Å². The van der Waals surface area contributed by atoms with Gasteiger partial charge in [0.1, 0.15) is 11.8 Å². The lowest BCUT2D eigenvalue weighted by Crippen LogP contribution is -2.41. The summed E-state index contributed by atoms with van der Waals surface area (Å²) in [5, 5.41) is 46.7. The predicted octanol–water partition coefficient (Wildman–Crippen LogP) is 0.427. The largest absolute Gasteiger partial charge is 0.398 e. The number of amides is 1. The summed E-state index contributed by atoms with van der Waals surface area (Å²) < 4.78 is 0. The summed E-state index contributed by atoms with van der Waals surface area (Å²) in [6.45, 7) is 0.886. The molecule has 10 nitrogen and oxygen atoms in total. The normalized spacial score (nSPS) is 13.3. The highest BCUT2D eigenvalue weighted by atomic mass is 35.5. The molecule has 7 N–H and O–H groups in total. The molecule has 0 aliphatic heterocycles. The van der Waals surface area contributed by atoms with Crippen molar-refractivity contribution in [3.05, 3.63) is 57.9 Å². The first kappa shape index (κ1) is 22.1. The van der Waals surface area contributed by atoms with Crippen molar-refractivity contribution >= 4 is 29.4 Å². The van der Waals surface area contributed by atoms with Crippen LogP contribution in [0.3, 0.4) is 0 Å². The third kappa shape index (κ3) is 6.13. The fourth-order valence-electron chi connectivity index (χ4n) is 2.12. The van der Waals surface area contributed by atoms with Gasteiger partial charge >= 0.3 is 0 Å². The molecule has 1 amide bonds. The Bertz CT molecular complexity index is 990. The number of allylic oxidation sites excluding steroid dienone is 1. The zero-order valence-corrected chi connectivity index (χ0v) is 16.1. The molecule has 0 bridgehead atoms. The SMILES string of the molecule is CC(O)c1cc(C(=O)NCC(O)(O)/N=C/C=C(\N)c2ccc(C#N)c(Cl)c2)n[nH]1. The molecule has 0 spiro atoms. The van der Waals surface area contributed by atoms with Gasteiger partial charge in [-0.2, -0.15) is 10.4 Å². The summed E-state index contributed by atoms with van der Waals surface area (Å²) in [5.74, 6) is -3.27. The molecule has 1 atom stereocenters. The van der Waals surface area contributed by atoms with Crippen molar-refractivity contribution in [3.63, 3.8) is 0 Å². The van der Waals surface area contributed by atoms with E-state index < -0.39 is 24.5 Å². The predicted molar refractivity (Wildman–Crippen MR) is 106 cm³/mol.